The number of amides is 1. The Morgan fingerprint density at radius 3 is 2.76 bits per heavy atom. The van der Waals surface area contributed by atoms with E-state index >= 15 is 0 Å². The second-order valence-corrected chi connectivity index (χ2v) is 8.64. The van der Waals surface area contributed by atoms with Crippen molar-refractivity contribution in [3.05, 3.63) is 58.8 Å². The molecule has 7 heteroatoms. The summed E-state index contributed by atoms with van der Waals surface area (Å²) in [5, 5.41) is 4.22. The Labute approximate surface area is 173 Å². The molecule has 0 aliphatic heterocycles. The molecule has 1 saturated carbocycles. The molecule has 2 heterocycles. The van der Waals surface area contributed by atoms with Gasteiger partial charge in [-0.2, -0.15) is 0 Å². The number of nitrogens with zero attached hydrogens (tertiary/aromatic N) is 2. The van der Waals surface area contributed by atoms with Gasteiger partial charge < -0.3 is 9.73 Å². The third kappa shape index (κ3) is 4.72. The van der Waals surface area contributed by atoms with E-state index in [4.69, 9.17) is 4.42 Å². The molecular formula is C22H25N3O3S. The van der Waals surface area contributed by atoms with Crippen LogP contribution in [0.1, 0.15) is 38.4 Å². The Hall–Kier alpha value is -2.54. The number of aromatic nitrogens is 2. The van der Waals surface area contributed by atoms with Gasteiger partial charge in [-0.1, -0.05) is 30.8 Å². The summed E-state index contributed by atoms with van der Waals surface area (Å²) < 4.78 is 7.00. The Morgan fingerprint density at radius 2 is 2.00 bits per heavy atom. The summed E-state index contributed by atoms with van der Waals surface area (Å²) in [7, 11) is 0. The summed E-state index contributed by atoms with van der Waals surface area (Å²) in [6, 6.07) is 11.2. The molecule has 2 aromatic heterocycles. The number of hydrogen-bond acceptors (Lipinski definition) is 5. The quantitative estimate of drug-likeness (QED) is 0.493. The third-order valence-corrected chi connectivity index (χ3v) is 6.41. The number of fused-ring (bicyclic) bond motifs is 1. The first-order valence-electron chi connectivity index (χ1n) is 10.0. The lowest BCUT2D eigenvalue weighted by molar-refractivity contribution is -0.119. The van der Waals surface area contributed by atoms with Gasteiger partial charge >= 0.3 is 0 Å². The van der Waals surface area contributed by atoms with E-state index < -0.39 is 0 Å². The van der Waals surface area contributed by atoms with Crippen molar-refractivity contribution in [2.75, 3.05) is 5.75 Å². The van der Waals surface area contributed by atoms with E-state index in [2.05, 4.69) is 17.2 Å². The molecule has 4 rings (SSSR count). The summed E-state index contributed by atoms with van der Waals surface area (Å²) in [4.78, 5) is 30.2. The molecule has 1 aromatic carbocycles. The number of rotatable bonds is 6. The minimum Gasteiger partial charge on any atom is -0.467 e. The van der Waals surface area contributed by atoms with Crippen LogP contribution in [0.3, 0.4) is 0 Å². The van der Waals surface area contributed by atoms with Crippen LogP contribution >= 0.6 is 11.8 Å². The Morgan fingerprint density at radius 1 is 1.21 bits per heavy atom. The van der Waals surface area contributed by atoms with Crippen LogP contribution in [0.2, 0.25) is 0 Å². The van der Waals surface area contributed by atoms with E-state index in [0.717, 1.165) is 31.6 Å². The van der Waals surface area contributed by atoms with Crippen LogP contribution in [0.25, 0.3) is 10.9 Å². The van der Waals surface area contributed by atoms with Crippen molar-refractivity contribution in [1.29, 1.82) is 0 Å². The fraction of sp³-hybridized carbons (Fsp3) is 0.409. The number of furan rings is 1. The van der Waals surface area contributed by atoms with Gasteiger partial charge in [0.1, 0.15) is 5.76 Å². The molecule has 0 atom stereocenters. The molecule has 0 saturated heterocycles. The summed E-state index contributed by atoms with van der Waals surface area (Å²) in [5.74, 6) is 1.64. The van der Waals surface area contributed by atoms with Gasteiger partial charge in [-0.25, -0.2) is 4.98 Å². The maximum Gasteiger partial charge on any atom is 0.262 e. The molecule has 3 aromatic rings. The molecule has 29 heavy (non-hydrogen) atoms. The highest BCUT2D eigenvalue weighted by Gasteiger charge is 2.20. The Kier molecular flexibility index (Phi) is 6.04. The Balaban J connectivity index is 1.52. The average Bonchev–Trinajstić information content (AvgIpc) is 3.24. The number of nitrogens with one attached hydrogen (secondary N) is 1. The largest absolute Gasteiger partial charge is 0.467 e. The molecule has 1 aliphatic carbocycles. The molecule has 0 bridgehead atoms. The first kappa shape index (κ1) is 19.8. The zero-order chi connectivity index (χ0) is 20.2. The van der Waals surface area contributed by atoms with Crippen molar-refractivity contribution < 1.29 is 9.21 Å². The normalized spacial score (nSPS) is 19.3. The smallest absolute Gasteiger partial charge is 0.262 e. The van der Waals surface area contributed by atoms with Crippen LogP contribution < -0.4 is 10.9 Å². The van der Waals surface area contributed by atoms with Crippen LogP contribution in [0, 0.1) is 5.92 Å². The molecule has 1 N–H and O–H groups in total. The zero-order valence-corrected chi connectivity index (χ0v) is 17.3. The van der Waals surface area contributed by atoms with Gasteiger partial charge in [0, 0.05) is 6.04 Å². The van der Waals surface area contributed by atoms with Gasteiger partial charge in [-0.15, -0.1) is 0 Å². The molecule has 0 radical (unpaired) electrons. The lowest BCUT2D eigenvalue weighted by Gasteiger charge is -2.26. The average molecular weight is 412 g/mol. The van der Waals surface area contributed by atoms with Crippen LogP contribution in [-0.2, 0) is 11.3 Å². The predicted molar refractivity (Wildman–Crippen MR) is 114 cm³/mol. The maximum absolute atomic E-state index is 13.0. The minimum absolute atomic E-state index is 0.0125. The topological polar surface area (TPSA) is 77.1 Å². The van der Waals surface area contributed by atoms with Gasteiger partial charge in [0.05, 0.1) is 29.5 Å². The number of benzene rings is 1. The van der Waals surface area contributed by atoms with Gasteiger partial charge in [0.2, 0.25) is 5.91 Å². The van der Waals surface area contributed by atoms with E-state index in [-0.39, 0.29) is 29.8 Å². The predicted octanol–water partition coefficient (Wildman–Crippen LogP) is 3.82. The number of thioether (sulfide) groups is 1. The van der Waals surface area contributed by atoms with Crippen LogP contribution in [0.5, 0.6) is 0 Å². The van der Waals surface area contributed by atoms with Crippen LogP contribution in [-0.4, -0.2) is 27.3 Å². The molecule has 1 amide bonds. The molecular weight excluding hydrogens is 386 g/mol. The second kappa shape index (κ2) is 8.86. The Bertz CT molecular complexity index is 1040. The fourth-order valence-electron chi connectivity index (χ4n) is 3.76. The lowest BCUT2D eigenvalue weighted by atomic mass is 9.87. The second-order valence-electron chi connectivity index (χ2n) is 7.70. The van der Waals surface area contributed by atoms with E-state index in [1.54, 1.807) is 23.0 Å². The fourth-order valence-corrected chi connectivity index (χ4v) is 4.57. The summed E-state index contributed by atoms with van der Waals surface area (Å²) in [6.45, 7) is 2.55. The van der Waals surface area contributed by atoms with Crippen LogP contribution in [0.4, 0.5) is 0 Å². The summed E-state index contributed by atoms with van der Waals surface area (Å²) in [6.07, 6.45) is 5.98. The van der Waals surface area contributed by atoms with Crippen molar-refractivity contribution in [2.24, 2.45) is 5.92 Å². The number of carbonyl (C=O) groups is 1. The molecule has 152 valence electrons. The SMILES string of the molecule is CC1CCC(NC(=O)CSc2nc3ccccc3c(=O)n2Cc2ccco2)CC1. The monoisotopic (exact) mass is 411 g/mol. The van der Waals surface area contributed by atoms with E-state index in [9.17, 15) is 9.59 Å². The van der Waals surface area contributed by atoms with Crippen molar-refractivity contribution in [1.82, 2.24) is 14.9 Å². The highest BCUT2D eigenvalue weighted by molar-refractivity contribution is 7.99. The first-order chi connectivity index (χ1) is 14.1. The van der Waals surface area contributed by atoms with Crippen molar-refractivity contribution in [3.8, 4) is 0 Å². The highest BCUT2D eigenvalue weighted by Crippen LogP contribution is 2.24. The third-order valence-electron chi connectivity index (χ3n) is 5.43. The van der Waals surface area contributed by atoms with Gasteiger partial charge in [-0.05, 0) is 55.9 Å². The molecule has 0 unspecified atom stereocenters. The zero-order valence-electron chi connectivity index (χ0n) is 16.5. The van der Waals surface area contributed by atoms with Gasteiger partial charge in [0.15, 0.2) is 5.16 Å². The first-order valence-corrected chi connectivity index (χ1v) is 11.0. The maximum atomic E-state index is 13.0. The minimum atomic E-state index is -0.129. The van der Waals surface area contributed by atoms with Crippen LogP contribution in [0.15, 0.2) is 57.0 Å². The van der Waals surface area contributed by atoms with Crippen molar-refractivity contribution in [3.63, 3.8) is 0 Å². The summed E-state index contributed by atoms with van der Waals surface area (Å²) >= 11 is 1.29. The van der Waals surface area contributed by atoms with Crippen molar-refractivity contribution >= 4 is 28.6 Å². The molecule has 6 nitrogen and oxygen atoms in total. The van der Waals surface area contributed by atoms with Crippen molar-refractivity contribution in [2.45, 2.75) is 50.4 Å². The highest BCUT2D eigenvalue weighted by atomic mass is 32.2. The molecule has 1 fully saturated rings. The van der Waals surface area contributed by atoms with E-state index in [0.29, 0.717) is 21.8 Å². The molecule has 1 aliphatic rings. The van der Waals surface area contributed by atoms with Gasteiger partial charge in [-0.3, -0.25) is 14.2 Å². The number of para-hydroxylation sites is 1. The van der Waals surface area contributed by atoms with E-state index in [1.165, 1.54) is 11.8 Å². The number of carbonyl (C=O) groups excluding carboxylic acids is 1. The number of hydrogen-bond donors (Lipinski definition) is 1. The lowest BCUT2D eigenvalue weighted by Crippen LogP contribution is -2.38. The standard InChI is InChI=1S/C22H25N3O3S/c1-15-8-10-16(11-9-15)23-20(26)14-29-22-24-19-7-3-2-6-18(19)21(27)25(22)13-17-5-4-12-28-17/h2-7,12,15-16H,8-11,13-14H2,1H3,(H,23,26). The van der Waals surface area contributed by atoms with Gasteiger partial charge in [0.25, 0.3) is 5.56 Å². The molecule has 0 spiro atoms. The summed E-state index contributed by atoms with van der Waals surface area (Å²) in [5.41, 5.74) is 0.508. The van der Waals surface area contributed by atoms with E-state index in [1.807, 2.05) is 24.3 Å².